The summed E-state index contributed by atoms with van der Waals surface area (Å²) in [4.78, 5) is 13.5. The number of nitrogens with zero attached hydrogens (tertiary/aromatic N) is 2. The number of nitrogens with one attached hydrogen (secondary N) is 1. The van der Waals surface area contributed by atoms with Crippen LogP contribution in [0.25, 0.3) is 0 Å². The smallest absolute Gasteiger partial charge is 0.257 e. The summed E-state index contributed by atoms with van der Waals surface area (Å²) in [7, 11) is 1.72. The predicted molar refractivity (Wildman–Crippen MR) is 85.3 cm³/mol. The number of carbonyl (C=O) groups is 1. The quantitative estimate of drug-likeness (QED) is 0.668. The van der Waals surface area contributed by atoms with E-state index in [1.54, 1.807) is 19.3 Å². The highest BCUT2D eigenvalue weighted by molar-refractivity contribution is 7.98. The highest BCUT2D eigenvalue weighted by atomic mass is 32.2. The van der Waals surface area contributed by atoms with Gasteiger partial charge in [-0.25, -0.2) is 0 Å². The van der Waals surface area contributed by atoms with Crippen LogP contribution in [0.15, 0.2) is 35.4 Å². The fourth-order valence-electron chi connectivity index (χ4n) is 1.77. The van der Waals surface area contributed by atoms with E-state index in [1.807, 2.05) is 24.5 Å². The largest absolute Gasteiger partial charge is 0.389 e. The zero-order valence-electron chi connectivity index (χ0n) is 11.1. The lowest BCUT2D eigenvalue weighted by molar-refractivity contribution is 0.102. The maximum atomic E-state index is 12.4. The Morgan fingerprint density at radius 3 is 2.75 bits per heavy atom. The number of aromatic nitrogens is 2. The van der Waals surface area contributed by atoms with Crippen LogP contribution >= 0.6 is 24.0 Å². The number of hydrogen-bond acceptors (Lipinski definition) is 4. The summed E-state index contributed by atoms with van der Waals surface area (Å²) in [6.07, 6.45) is 3.47. The standard InChI is InChI=1S/C13H14N4OS2/c1-17-12(9(7-15-17)11(14)19)16-13(18)8-5-3-4-6-10(8)20-2/h3-7H,1-2H3,(H2,14,19)(H,16,18). The third-order valence-corrected chi connectivity index (χ3v) is 3.80. The van der Waals surface area contributed by atoms with Crippen LogP contribution in [0.5, 0.6) is 0 Å². The third kappa shape index (κ3) is 2.83. The van der Waals surface area contributed by atoms with Crippen LogP contribution in [-0.2, 0) is 7.05 Å². The highest BCUT2D eigenvalue weighted by Crippen LogP contribution is 2.22. The van der Waals surface area contributed by atoms with Gasteiger partial charge in [-0.15, -0.1) is 11.8 Å². The molecule has 2 rings (SSSR count). The van der Waals surface area contributed by atoms with Crippen LogP contribution in [0.3, 0.4) is 0 Å². The summed E-state index contributed by atoms with van der Waals surface area (Å²) in [6.45, 7) is 0. The number of nitrogens with two attached hydrogens (primary N) is 1. The molecule has 0 bridgehead atoms. The number of hydrogen-bond donors (Lipinski definition) is 2. The van der Waals surface area contributed by atoms with Crippen molar-refractivity contribution in [2.45, 2.75) is 4.90 Å². The summed E-state index contributed by atoms with van der Waals surface area (Å²) in [5.74, 6) is 0.287. The van der Waals surface area contributed by atoms with Gasteiger partial charge in [0.15, 0.2) is 0 Å². The van der Waals surface area contributed by atoms with Crippen molar-refractivity contribution in [2.24, 2.45) is 12.8 Å². The average Bonchev–Trinajstić information content (AvgIpc) is 2.80. The summed E-state index contributed by atoms with van der Waals surface area (Å²) in [6, 6.07) is 7.40. The minimum Gasteiger partial charge on any atom is -0.389 e. The third-order valence-electron chi connectivity index (χ3n) is 2.79. The molecule has 7 heteroatoms. The second-order valence-electron chi connectivity index (χ2n) is 4.05. The van der Waals surface area contributed by atoms with Gasteiger partial charge in [0.2, 0.25) is 0 Å². The first-order valence-electron chi connectivity index (χ1n) is 5.80. The van der Waals surface area contributed by atoms with Crippen molar-refractivity contribution < 1.29 is 4.79 Å². The van der Waals surface area contributed by atoms with E-state index in [1.165, 1.54) is 16.4 Å². The summed E-state index contributed by atoms with van der Waals surface area (Å²) < 4.78 is 1.54. The van der Waals surface area contributed by atoms with Crippen LogP contribution in [-0.4, -0.2) is 26.9 Å². The van der Waals surface area contributed by atoms with Crippen molar-refractivity contribution >= 4 is 40.7 Å². The molecule has 5 nitrogen and oxygen atoms in total. The molecule has 0 aliphatic rings. The Balaban J connectivity index is 2.33. The molecule has 104 valence electrons. The van der Waals surface area contributed by atoms with Gasteiger partial charge in [0.1, 0.15) is 10.8 Å². The van der Waals surface area contributed by atoms with Gasteiger partial charge >= 0.3 is 0 Å². The number of benzene rings is 1. The minimum atomic E-state index is -0.212. The van der Waals surface area contributed by atoms with Crippen LogP contribution in [0, 0.1) is 0 Å². The van der Waals surface area contributed by atoms with Crippen LogP contribution in [0.2, 0.25) is 0 Å². The van der Waals surface area contributed by atoms with Crippen molar-refractivity contribution in [1.29, 1.82) is 0 Å². The summed E-state index contributed by atoms with van der Waals surface area (Å²) in [5, 5.41) is 6.87. The van der Waals surface area contributed by atoms with E-state index in [4.69, 9.17) is 18.0 Å². The maximum absolute atomic E-state index is 12.4. The van der Waals surface area contributed by atoms with E-state index >= 15 is 0 Å². The first kappa shape index (κ1) is 14.5. The van der Waals surface area contributed by atoms with Gasteiger partial charge in [0.25, 0.3) is 5.91 Å². The molecule has 0 aliphatic carbocycles. The van der Waals surface area contributed by atoms with Crippen molar-refractivity contribution in [3.8, 4) is 0 Å². The fraction of sp³-hybridized carbons (Fsp3) is 0.154. The Morgan fingerprint density at radius 1 is 1.40 bits per heavy atom. The highest BCUT2D eigenvalue weighted by Gasteiger charge is 2.16. The lowest BCUT2D eigenvalue weighted by atomic mass is 10.2. The van der Waals surface area contributed by atoms with Crippen molar-refractivity contribution in [3.63, 3.8) is 0 Å². The number of rotatable bonds is 4. The van der Waals surface area contributed by atoms with E-state index in [-0.39, 0.29) is 10.9 Å². The number of amides is 1. The van der Waals surface area contributed by atoms with Crippen LogP contribution in [0.4, 0.5) is 5.82 Å². The van der Waals surface area contributed by atoms with Gasteiger partial charge < -0.3 is 11.1 Å². The Hall–Kier alpha value is -1.86. The number of thioether (sulfide) groups is 1. The molecule has 0 aliphatic heterocycles. The maximum Gasteiger partial charge on any atom is 0.257 e. The van der Waals surface area contributed by atoms with Gasteiger partial charge in [-0.2, -0.15) is 5.10 Å². The first-order chi connectivity index (χ1) is 9.54. The van der Waals surface area contributed by atoms with Crippen molar-refractivity contribution in [2.75, 3.05) is 11.6 Å². The van der Waals surface area contributed by atoms with Crippen molar-refractivity contribution in [1.82, 2.24) is 9.78 Å². The molecule has 0 unspecified atom stereocenters. The lowest BCUT2D eigenvalue weighted by Crippen LogP contribution is -2.19. The molecule has 3 N–H and O–H groups in total. The molecule has 0 spiro atoms. The van der Waals surface area contributed by atoms with E-state index in [0.29, 0.717) is 16.9 Å². The number of carbonyl (C=O) groups excluding carboxylic acids is 1. The molecule has 20 heavy (non-hydrogen) atoms. The molecule has 0 saturated heterocycles. The monoisotopic (exact) mass is 306 g/mol. The van der Waals surface area contributed by atoms with Crippen molar-refractivity contribution in [3.05, 3.63) is 41.6 Å². The summed E-state index contributed by atoms with van der Waals surface area (Å²) in [5.41, 5.74) is 6.78. The molecule has 0 saturated carbocycles. The molecule has 1 aromatic carbocycles. The second-order valence-corrected chi connectivity index (χ2v) is 5.34. The van der Waals surface area contributed by atoms with E-state index in [0.717, 1.165) is 4.90 Å². The molecule has 1 heterocycles. The Morgan fingerprint density at radius 2 is 2.10 bits per heavy atom. The van der Waals surface area contributed by atoms with Crippen LogP contribution < -0.4 is 11.1 Å². The Labute approximate surface area is 126 Å². The van der Waals surface area contributed by atoms with E-state index in [9.17, 15) is 4.79 Å². The molecule has 2 aromatic rings. The SMILES string of the molecule is CSc1ccccc1C(=O)Nc1c(C(N)=S)cnn1C. The normalized spacial score (nSPS) is 10.3. The van der Waals surface area contributed by atoms with Gasteiger partial charge in [0, 0.05) is 11.9 Å². The molecule has 1 aromatic heterocycles. The first-order valence-corrected chi connectivity index (χ1v) is 7.44. The average molecular weight is 306 g/mol. The molecule has 0 atom stereocenters. The van der Waals surface area contributed by atoms with Gasteiger partial charge in [0.05, 0.1) is 17.3 Å². The predicted octanol–water partition coefficient (Wildman–Crippen LogP) is 2.03. The topological polar surface area (TPSA) is 72.9 Å². The zero-order valence-corrected chi connectivity index (χ0v) is 12.7. The molecule has 0 radical (unpaired) electrons. The fourth-order valence-corrected chi connectivity index (χ4v) is 2.52. The van der Waals surface area contributed by atoms with Gasteiger partial charge in [-0.1, -0.05) is 24.4 Å². The minimum absolute atomic E-state index is 0.201. The molecule has 0 fully saturated rings. The number of aryl methyl sites for hydroxylation is 1. The Bertz CT molecular complexity index is 666. The molecular weight excluding hydrogens is 292 g/mol. The van der Waals surface area contributed by atoms with E-state index < -0.39 is 0 Å². The summed E-state index contributed by atoms with van der Waals surface area (Å²) >= 11 is 6.47. The molecule has 1 amide bonds. The molecular formula is C13H14N4OS2. The number of thiocarbonyl (C=S) groups is 1. The Kier molecular flexibility index (Phi) is 4.41. The second kappa shape index (κ2) is 6.06. The van der Waals surface area contributed by atoms with Crippen LogP contribution in [0.1, 0.15) is 15.9 Å². The van der Waals surface area contributed by atoms with Gasteiger partial charge in [-0.3, -0.25) is 9.48 Å². The number of anilines is 1. The zero-order chi connectivity index (χ0) is 14.7. The van der Waals surface area contributed by atoms with E-state index in [2.05, 4.69) is 10.4 Å². The lowest BCUT2D eigenvalue weighted by Gasteiger charge is -2.10. The van der Waals surface area contributed by atoms with Gasteiger partial charge in [-0.05, 0) is 18.4 Å².